The summed E-state index contributed by atoms with van der Waals surface area (Å²) in [4.78, 5) is 13.4. The molecule has 1 aromatic carbocycles. The van der Waals surface area contributed by atoms with Crippen LogP contribution >= 0.6 is 11.8 Å². The Bertz CT molecular complexity index is 744. The van der Waals surface area contributed by atoms with E-state index >= 15 is 0 Å². The highest BCUT2D eigenvalue weighted by Crippen LogP contribution is 2.33. The summed E-state index contributed by atoms with van der Waals surface area (Å²) in [5.74, 6) is 0.830. The third kappa shape index (κ3) is 3.93. The lowest BCUT2D eigenvalue weighted by atomic mass is 9.99. The minimum atomic E-state index is -0.277. The molecule has 2 atom stereocenters. The first-order valence-electron chi connectivity index (χ1n) is 8.68. The van der Waals surface area contributed by atoms with E-state index in [1.807, 2.05) is 4.57 Å². The topological polar surface area (TPSA) is 52.2 Å². The Labute approximate surface area is 151 Å². The molecule has 7 heteroatoms. The normalized spacial score (nSPS) is 19.4. The number of aromatic nitrogens is 3. The number of rotatable bonds is 5. The zero-order valence-electron chi connectivity index (χ0n) is 14.8. The minimum Gasteiger partial charge on any atom is -0.331 e. The summed E-state index contributed by atoms with van der Waals surface area (Å²) in [6.45, 7) is 2.08. The van der Waals surface area contributed by atoms with Crippen molar-refractivity contribution >= 4 is 17.5 Å². The Morgan fingerprint density at radius 2 is 1.96 bits per heavy atom. The first-order chi connectivity index (χ1) is 12.0. The molecule has 0 bridgehead atoms. The molecule has 3 rings (SSSR count). The van der Waals surface area contributed by atoms with Gasteiger partial charge in [-0.05, 0) is 44.0 Å². The summed E-state index contributed by atoms with van der Waals surface area (Å²) in [5, 5.41) is 9.40. The average molecular weight is 363 g/mol. The number of quaternary nitrogens is 1. The maximum atomic E-state index is 13.3. The van der Waals surface area contributed by atoms with Gasteiger partial charge in [0.15, 0.2) is 11.0 Å². The number of Topliss-reactive ketones (excluding diaryl/α,β-unsaturated/α-hetero) is 1. The number of nitrogens with zero attached hydrogens (tertiary/aromatic N) is 3. The average Bonchev–Trinajstić information content (AvgIpc) is 3.00. The standard InChI is InChI=1S/C18H23FN4OS/c1-12(22(2)3)17-20-21-18(25-16-7-5-4-6-15(16)24)23(17)14-10-8-13(19)9-11-14/h8-12,16H,4-7H2,1-3H3/p+1/t12-,16+/m0/s1. The molecule has 2 aromatic rings. The van der Waals surface area contributed by atoms with Crippen molar-refractivity contribution in [2.45, 2.75) is 49.1 Å². The third-order valence-corrected chi connectivity index (χ3v) is 6.00. The smallest absolute Gasteiger partial charge is 0.196 e. The van der Waals surface area contributed by atoms with E-state index in [2.05, 4.69) is 31.2 Å². The van der Waals surface area contributed by atoms with Crippen LogP contribution in [0.25, 0.3) is 5.69 Å². The number of carbonyl (C=O) groups is 1. The van der Waals surface area contributed by atoms with E-state index < -0.39 is 0 Å². The largest absolute Gasteiger partial charge is 0.331 e. The lowest BCUT2D eigenvalue weighted by Gasteiger charge is -2.21. The number of benzene rings is 1. The summed E-state index contributed by atoms with van der Waals surface area (Å²) in [6.07, 6.45) is 3.57. The second kappa shape index (κ2) is 7.66. The van der Waals surface area contributed by atoms with Crippen LogP contribution < -0.4 is 4.90 Å². The van der Waals surface area contributed by atoms with Crippen LogP contribution in [0, 0.1) is 5.82 Å². The van der Waals surface area contributed by atoms with Crippen LogP contribution in [0.4, 0.5) is 4.39 Å². The first-order valence-corrected chi connectivity index (χ1v) is 9.56. The van der Waals surface area contributed by atoms with E-state index in [1.54, 1.807) is 12.1 Å². The van der Waals surface area contributed by atoms with E-state index in [-0.39, 0.29) is 22.9 Å². The summed E-state index contributed by atoms with van der Waals surface area (Å²) in [5.41, 5.74) is 0.820. The van der Waals surface area contributed by atoms with E-state index in [0.717, 1.165) is 30.8 Å². The zero-order valence-corrected chi connectivity index (χ0v) is 15.6. The van der Waals surface area contributed by atoms with Crippen molar-refractivity contribution in [2.75, 3.05) is 14.1 Å². The number of hydrogen-bond acceptors (Lipinski definition) is 4. The van der Waals surface area contributed by atoms with Gasteiger partial charge in [0, 0.05) is 12.1 Å². The fraction of sp³-hybridized carbons (Fsp3) is 0.500. The molecule has 134 valence electrons. The first kappa shape index (κ1) is 18.1. The fourth-order valence-corrected chi connectivity index (χ4v) is 4.11. The van der Waals surface area contributed by atoms with E-state index in [4.69, 9.17) is 0 Å². The molecule has 0 saturated heterocycles. The van der Waals surface area contributed by atoms with Crippen LogP contribution in [0.15, 0.2) is 29.4 Å². The highest BCUT2D eigenvalue weighted by molar-refractivity contribution is 8.00. The molecule has 5 nitrogen and oxygen atoms in total. The van der Waals surface area contributed by atoms with Crippen LogP contribution in [0.3, 0.4) is 0 Å². The molecule has 0 radical (unpaired) electrons. The second-order valence-corrected chi connectivity index (χ2v) is 7.94. The van der Waals surface area contributed by atoms with Crippen molar-refractivity contribution < 1.29 is 14.1 Å². The van der Waals surface area contributed by atoms with Gasteiger partial charge in [-0.15, -0.1) is 10.2 Å². The summed E-state index contributed by atoms with van der Waals surface area (Å²) in [6, 6.07) is 6.45. The van der Waals surface area contributed by atoms with Gasteiger partial charge in [-0.25, -0.2) is 4.39 Å². The Morgan fingerprint density at radius 1 is 1.24 bits per heavy atom. The predicted octanol–water partition coefficient (Wildman–Crippen LogP) is 2.22. The van der Waals surface area contributed by atoms with Gasteiger partial charge in [0.1, 0.15) is 17.6 Å². The number of nitrogens with one attached hydrogen (secondary N) is 1. The van der Waals surface area contributed by atoms with Gasteiger partial charge < -0.3 is 4.90 Å². The van der Waals surface area contributed by atoms with Gasteiger partial charge in [-0.3, -0.25) is 9.36 Å². The Kier molecular flexibility index (Phi) is 5.54. The molecule has 1 aliphatic rings. The second-order valence-electron chi connectivity index (χ2n) is 6.77. The number of ketones is 1. The van der Waals surface area contributed by atoms with Gasteiger partial charge in [-0.2, -0.15) is 0 Å². The molecular formula is C18H24FN4OS+. The fourth-order valence-electron chi connectivity index (χ4n) is 2.93. The van der Waals surface area contributed by atoms with Gasteiger partial charge in [0.2, 0.25) is 0 Å². The molecule has 1 saturated carbocycles. The minimum absolute atomic E-state index is 0.0630. The zero-order chi connectivity index (χ0) is 18.0. The van der Waals surface area contributed by atoms with Crippen molar-refractivity contribution in [1.29, 1.82) is 0 Å². The van der Waals surface area contributed by atoms with Crippen LogP contribution in [-0.4, -0.2) is 39.9 Å². The summed E-state index contributed by atoms with van der Waals surface area (Å²) < 4.78 is 15.3. The molecule has 1 N–H and O–H groups in total. The van der Waals surface area contributed by atoms with Gasteiger partial charge in [0.25, 0.3) is 0 Å². The molecule has 0 amide bonds. The predicted molar refractivity (Wildman–Crippen MR) is 95.7 cm³/mol. The van der Waals surface area contributed by atoms with Crippen molar-refractivity contribution in [2.24, 2.45) is 0 Å². The molecule has 0 spiro atoms. The Balaban J connectivity index is 2.00. The van der Waals surface area contributed by atoms with Crippen molar-refractivity contribution in [3.63, 3.8) is 0 Å². The van der Waals surface area contributed by atoms with Gasteiger partial charge in [-0.1, -0.05) is 18.2 Å². The van der Waals surface area contributed by atoms with Crippen molar-refractivity contribution in [3.8, 4) is 5.69 Å². The highest BCUT2D eigenvalue weighted by Gasteiger charge is 2.28. The molecule has 0 aliphatic heterocycles. The lowest BCUT2D eigenvalue weighted by molar-refractivity contribution is -0.890. The number of halogens is 1. The van der Waals surface area contributed by atoms with Gasteiger partial charge >= 0.3 is 0 Å². The SMILES string of the molecule is C[C@@H](c1nnc(S[C@@H]2CCCCC2=O)n1-c1ccc(F)cc1)[NH+](C)C. The highest BCUT2D eigenvalue weighted by atomic mass is 32.2. The van der Waals surface area contributed by atoms with E-state index in [1.165, 1.54) is 28.8 Å². The molecule has 0 unspecified atom stereocenters. The van der Waals surface area contributed by atoms with Crippen LogP contribution in [0.2, 0.25) is 0 Å². The summed E-state index contributed by atoms with van der Waals surface area (Å²) >= 11 is 1.49. The molecule has 1 heterocycles. The van der Waals surface area contributed by atoms with Crippen LogP contribution in [0.1, 0.15) is 44.5 Å². The van der Waals surface area contributed by atoms with E-state index in [0.29, 0.717) is 11.6 Å². The molecule has 25 heavy (non-hydrogen) atoms. The molecule has 1 aliphatic carbocycles. The molecule has 1 aromatic heterocycles. The van der Waals surface area contributed by atoms with Crippen LogP contribution in [0.5, 0.6) is 0 Å². The lowest BCUT2D eigenvalue weighted by Crippen LogP contribution is -3.05. The van der Waals surface area contributed by atoms with E-state index in [9.17, 15) is 9.18 Å². The number of hydrogen-bond donors (Lipinski definition) is 1. The maximum absolute atomic E-state index is 13.3. The number of carbonyl (C=O) groups excluding carboxylic acids is 1. The molecule has 1 fully saturated rings. The third-order valence-electron chi connectivity index (χ3n) is 4.74. The summed E-state index contributed by atoms with van der Waals surface area (Å²) in [7, 11) is 4.12. The van der Waals surface area contributed by atoms with Crippen LogP contribution in [-0.2, 0) is 4.79 Å². The number of thioether (sulfide) groups is 1. The Morgan fingerprint density at radius 3 is 2.60 bits per heavy atom. The monoisotopic (exact) mass is 363 g/mol. The molecular weight excluding hydrogens is 339 g/mol. The Hall–Kier alpha value is -1.73. The quantitative estimate of drug-likeness (QED) is 0.885. The van der Waals surface area contributed by atoms with Gasteiger partial charge in [0.05, 0.1) is 19.3 Å². The maximum Gasteiger partial charge on any atom is 0.196 e. The van der Waals surface area contributed by atoms with Crippen molar-refractivity contribution in [3.05, 3.63) is 35.9 Å². The van der Waals surface area contributed by atoms with Crippen molar-refractivity contribution in [1.82, 2.24) is 14.8 Å².